The normalized spacial score (nSPS) is 10.4. The maximum atomic E-state index is 13.0. The average molecular weight is 387 g/mol. The van der Waals surface area contributed by atoms with Crippen LogP contribution in [0, 0.1) is 5.82 Å². The van der Waals surface area contributed by atoms with Gasteiger partial charge in [0.2, 0.25) is 17.5 Å². The van der Waals surface area contributed by atoms with Gasteiger partial charge in [-0.25, -0.2) is 4.39 Å². The Labute approximate surface area is 160 Å². The second-order valence-corrected chi connectivity index (χ2v) is 5.61. The van der Waals surface area contributed by atoms with Gasteiger partial charge in [-0.15, -0.1) is 10.2 Å². The van der Waals surface area contributed by atoms with Crippen LogP contribution >= 0.6 is 0 Å². The molecule has 0 atom stereocenters. The largest absolute Gasteiger partial charge is 0.493 e. The molecule has 0 aliphatic carbocycles. The summed E-state index contributed by atoms with van der Waals surface area (Å²) in [4.78, 5) is 13.5. The number of amides is 1. The summed E-state index contributed by atoms with van der Waals surface area (Å²) < 4.78 is 28.8. The fraction of sp³-hybridized carbons (Fsp3) is 0.222. The summed E-state index contributed by atoms with van der Waals surface area (Å²) >= 11 is 0. The van der Waals surface area contributed by atoms with E-state index in [1.807, 2.05) is 0 Å². The number of nitrogens with one attached hydrogen (secondary N) is 1. The summed E-state index contributed by atoms with van der Waals surface area (Å²) in [6, 6.07) is 8.88. The van der Waals surface area contributed by atoms with Gasteiger partial charge >= 0.3 is 0 Å². The van der Waals surface area contributed by atoms with Crippen molar-refractivity contribution >= 4 is 11.6 Å². The number of aromatic nitrogens is 4. The molecular formula is C18H18FN5O4. The van der Waals surface area contributed by atoms with Crippen LogP contribution in [0.1, 0.15) is 0 Å². The summed E-state index contributed by atoms with van der Waals surface area (Å²) in [5.74, 6) is 0.799. The minimum absolute atomic E-state index is 0.162. The molecule has 1 amide bonds. The van der Waals surface area contributed by atoms with E-state index in [0.29, 0.717) is 34.3 Å². The summed E-state index contributed by atoms with van der Waals surface area (Å²) in [7, 11) is 4.46. The number of ether oxygens (including phenoxy) is 3. The van der Waals surface area contributed by atoms with E-state index in [1.165, 1.54) is 45.6 Å². The monoisotopic (exact) mass is 387 g/mol. The van der Waals surface area contributed by atoms with Crippen molar-refractivity contribution in [1.29, 1.82) is 0 Å². The molecule has 0 unspecified atom stereocenters. The molecule has 0 saturated carbocycles. The maximum absolute atomic E-state index is 13.0. The molecule has 3 rings (SSSR count). The standard InChI is InChI=1S/C18H18FN5O4/c1-26-14-8-13(9-15(27-2)17(14)28-3)20-16(25)10-24-22-18(21-23-24)11-4-6-12(19)7-5-11/h4-9H,10H2,1-3H3,(H,20,25). The van der Waals surface area contributed by atoms with Gasteiger partial charge in [0, 0.05) is 23.4 Å². The quantitative estimate of drug-likeness (QED) is 0.663. The minimum atomic E-state index is -0.377. The van der Waals surface area contributed by atoms with Gasteiger partial charge in [-0.3, -0.25) is 4.79 Å². The van der Waals surface area contributed by atoms with Crippen LogP contribution in [-0.2, 0) is 11.3 Å². The van der Waals surface area contributed by atoms with Gasteiger partial charge in [-0.05, 0) is 29.5 Å². The zero-order chi connectivity index (χ0) is 20.1. The number of carbonyl (C=O) groups excluding carboxylic acids is 1. The third-order valence-electron chi connectivity index (χ3n) is 3.79. The Kier molecular flexibility index (Phi) is 5.68. The Morgan fingerprint density at radius 2 is 1.71 bits per heavy atom. The Morgan fingerprint density at radius 1 is 1.07 bits per heavy atom. The molecule has 0 bridgehead atoms. The van der Waals surface area contributed by atoms with Gasteiger partial charge in [0.05, 0.1) is 21.3 Å². The molecule has 9 nitrogen and oxygen atoms in total. The zero-order valence-electron chi connectivity index (χ0n) is 15.5. The van der Waals surface area contributed by atoms with Gasteiger partial charge in [-0.2, -0.15) is 4.80 Å². The molecule has 1 N–H and O–H groups in total. The van der Waals surface area contributed by atoms with E-state index in [0.717, 1.165) is 4.80 Å². The van der Waals surface area contributed by atoms with Crippen LogP contribution in [0.3, 0.4) is 0 Å². The number of methoxy groups -OCH3 is 3. The predicted octanol–water partition coefficient (Wildman–Crippen LogP) is 2.14. The molecule has 10 heteroatoms. The molecule has 0 aliphatic rings. The van der Waals surface area contributed by atoms with Gasteiger partial charge in [0.1, 0.15) is 12.4 Å². The molecule has 3 aromatic rings. The van der Waals surface area contributed by atoms with Crippen LogP contribution in [-0.4, -0.2) is 47.4 Å². The molecular weight excluding hydrogens is 369 g/mol. The van der Waals surface area contributed by atoms with Crippen molar-refractivity contribution in [2.45, 2.75) is 6.54 Å². The zero-order valence-corrected chi connectivity index (χ0v) is 15.5. The Balaban J connectivity index is 1.72. The summed E-state index contributed by atoms with van der Waals surface area (Å²) in [6.45, 7) is -0.162. The van der Waals surface area contributed by atoms with Crippen LogP contribution in [0.15, 0.2) is 36.4 Å². The second kappa shape index (κ2) is 8.33. The fourth-order valence-electron chi connectivity index (χ4n) is 2.51. The highest BCUT2D eigenvalue weighted by atomic mass is 19.1. The average Bonchev–Trinajstić information content (AvgIpc) is 3.15. The molecule has 1 heterocycles. The first-order valence-electron chi connectivity index (χ1n) is 8.17. The Morgan fingerprint density at radius 3 is 2.29 bits per heavy atom. The minimum Gasteiger partial charge on any atom is -0.493 e. The van der Waals surface area contributed by atoms with Crippen molar-refractivity contribution < 1.29 is 23.4 Å². The first kappa shape index (κ1) is 19.1. The van der Waals surface area contributed by atoms with E-state index < -0.39 is 0 Å². The fourth-order valence-corrected chi connectivity index (χ4v) is 2.51. The van der Waals surface area contributed by atoms with Crippen molar-refractivity contribution in [2.75, 3.05) is 26.6 Å². The molecule has 0 radical (unpaired) electrons. The lowest BCUT2D eigenvalue weighted by Gasteiger charge is -2.14. The molecule has 0 saturated heterocycles. The SMILES string of the molecule is COc1cc(NC(=O)Cn2nnc(-c3ccc(F)cc3)n2)cc(OC)c1OC. The number of rotatable bonds is 7. The van der Waals surface area contributed by atoms with Gasteiger partial charge in [-0.1, -0.05) is 0 Å². The van der Waals surface area contributed by atoms with E-state index in [9.17, 15) is 9.18 Å². The maximum Gasteiger partial charge on any atom is 0.248 e. The van der Waals surface area contributed by atoms with Crippen molar-refractivity contribution in [3.63, 3.8) is 0 Å². The molecule has 0 fully saturated rings. The lowest BCUT2D eigenvalue weighted by molar-refractivity contribution is -0.117. The number of anilines is 1. The summed E-state index contributed by atoms with van der Waals surface area (Å²) in [6.07, 6.45) is 0. The first-order chi connectivity index (χ1) is 13.5. The highest BCUT2D eigenvalue weighted by Crippen LogP contribution is 2.39. The number of tetrazole rings is 1. The Hall–Kier alpha value is -3.69. The van der Waals surface area contributed by atoms with Crippen molar-refractivity contribution in [1.82, 2.24) is 20.2 Å². The van der Waals surface area contributed by atoms with Crippen LogP contribution in [0.2, 0.25) is 0 Å². The molecule has 2 aromatic carbocycles. The van der Waals surface area contributed by atoms with E-state index in [2.05, 4.69) is 20.7 Å². The van der Waals surface area contributed by atoms with E-state index in [1.54, 1.807) is 12.1 Å². The number of hydrogen-bond donors (Lipinski definition) is 1. The van der Waals surface area contributed by atoms with Crippen LogP contribution in [0.4, 0.5) is 10.1 Å². The number of halogens is 1. The topological polar surface area (TPSA) is 100 Å². The third-order valence-corrected chi connectivity index (χ3v) is 3.79. The lowest BCUT2D eigenvalue weighted by atomic mass is 10.2. The molecule has 0 aliphatic heterocycles. The Bertz CT molecular complexity index is 949. The van der Waals surface area contributed by atoms with E-state index in [-0.39, 0.29) is 18.3 Å². The van der Waals surface area contributed by atoms with E-state index in [4.69, 9.17) is 14.2 Å². The molecule has 28 heavy (non-hydrogen) atoms. The number of benzene rings is 2. The molecule has 0 spiro atoms. The molecule has 146 valence electrons. The van der Waals surface area contributed by atoms with Crippen molar-refractivity contribution in [3.8, 4) is 28.6 Å². The third kappa shape index (κ3) is 4.17. The number of nitrogens with zero attached hydrogens (tertiary/aromatic N) is 4. The highest BCUT2D eigenvalue weighted by molar-refractivity contribution is 5.91. The molecule has 1 aromatic heterocycles. The lowest BCUT2D eigenvalue weighted by Crippen LogP contribution is -2.20. The van der Waals surface area contributed by atoms with Gasteiger partial charge in [0.15, 0.2) is 11.5 Å². The highest BCUT2D eigenvalue weighted by Gasteiger charge is 2.15. The summed E-state index contributed by atoms with van der Waals surface area (Å²) in [5, 5.41) is 14.6. The van der Waals surface area contributed by atoms with Gasteiger partial charge < -0.3 is 19.5 Å². The number of carbonyl (C=O) groups is 1. The van der Waals surface area contributed by atoms with Crippen LogP contribution in [0.25, 0.3) is 11.4 Å². The smallest absolute Gasteiger partial charge is 0.248 e. The number of hydrogen-bond acceptors (Lipinski definition) is 7. The second-order valence-electron chi connectivity index (χ2n) is 5.61. The van der Waals surface area contributed by atoms with Crippen LogP contribution in [0.5, 0.6) is 17.2 Å². The van der Waals surface area contributed by atoms with Crippen molar-refractivity contribution in [3.05, 3.63) is 42.2 Å². The van der Waals surface area contributed by atoms with E-state index >= 15 is 0 Å². The summed E-state index contributed by atoms with van der Waals surface area (Å²) in [5.41, 5.74) is 1.05. The predicted molar refractivity (Wildman–Crippen MR) is 97.9 cm³/mol. The first-order valence-corrected chi connectivity index (χ1v) is 8.17. The van der Waals surface area contributed by atoms with Gasteiger partial charge in [0.25, 0.3) is 0 Å². The van der Waals surface area contributed by atoms with Crippen molar-refractivity contribution in [2.24, 2.45) is 0 Å². The van der Waals surface area contributed by atoms with Crippen LogP contribution < -0.4 is 19.5 Å².